The molecule has 5 rings (SSSR count). The standard InChI is InChI=1S/C29H28F3N7O3/c1-3-22(40)38-13-5-6-19(15-38)39-27-24(26(33)35-16-36-27)25(37-39)18-11-9-17(10-12-18)14-34-28(41)23-20(29(30,31)32)7-4-8-21(23)42-2/h3-4,7-12,16,19H,1,5-6,13-15H2,2H3,(H,34,41)(H2,33,35,36). The molecule has 42 heavy (non-hydrogen) atoms. The van der Waals surface area contributed by atoms with E-state index in [9.17, 15) is 22.8 Å². The molecule has 218 valence electrons. The molecule has 1 unspecified atom stereocenters. The third-order valence-corrected chi connectivity index (χ3v) is 7.21. The molecule has 3 heterocycles. The van der Waals surface area contributed by atoms with Crippen molar-refractivity contribution in [3.8, 4) is 17.0 Å². The molecule has 0 radical (unpaired) electrons. The number of likely N-dealkylation sites (tertiary alicyclic amines) is 1. The average Bonchev–Trinajstić information content (AvgIpc) is 3.40. The summed E-state index contributed by atoms with van der Waals surface area (Å²) in [6.07, 6.45) is -0.474. The molecule has 3 N–H and O–H groups in total. The topological polar surface area (TPSA) is 128 Å². The molecule has 1 atom stereocenters. The first-order valence-electron chi connectivity index (χ1n) is 13.1. The van der Waals surface area contributed by atoms with Crippen molar-refractivity contribution < 1.29 is 27.5 Å². The van der Waals surface area contributed by atoms with Gasteiger partial charge in [-0.2, -0.15) is 18.3 Å². The van der Waals surface area contributed by atoms with Crippen LogP contribution < -0.4 is 15.8 Å². The first kappa shape index (κ1) is 28.6. The van der Waals surface area contributed by atoms with Gasteiger partial charge in [-0.25, -0.2) is 14.6 Å². The number of benzene rings is 2. The fourth-order valence-corrected chi connectivity index (χ4v) is 5.16. The van der Waals surface area contributed by atoms with Crippen molar-refractivity contribution in [3.63, 3.8) is 0 Å². The number of ether oxygens (including phenoxy) is 1. The van der Waals surface area contributed by atoms with Gasteiger partial charge in [0.1, 0.15) is 23.6 Å². The number of hydrogen-bond donors (Lipinski definition) is 2. The molecule has 2 amide bonds. The number of piperidine rings is 1. The van der Waals surface area contributed by atoms with E-state index in [1.165, 1.54) is 31.6 Å². The number of anilines is 1. The number of nitrogens with one attached hydrogen (secondary N) is 1. The predicted octanol–water partition coefficient (Wildman–Crippen LogP) is 4.38. The molecule has 1 fully saturated rings. The molecule has 0 spiro atoms. The van der Waals surface area contributed by atoms with Gasteiger partial charge in [-0.3, -0.25) is 9.59 Å². The molecule has 4 aromatic rings. The first-order valence-corrected chi connectivity index (χ1v) is 13.1. The molecule has 2 aromatic heterocycles. The number of amides is 2. The maximum absolute atomic E-state index is 13.5. The Bertz CT molecular complexity index is 1650. The second-order valence-electron chi connectivity index (χ2n) is 9.80. The molecule has 1 aliphatic rings. The highest BCUT2D eigenvalue weighted by Gasteiger charge is 2.37. The fourth-order valence-electron chi connectivity index (χ4n) is 5.16. The lowest BCUT2D eigenvalue weighted by Crippen LogP contribution is -2.40. The third-order valence-electron chi connectivity index (χ3n) is 7.21. The average molecular weight is 580 g/mol. The summed E-state index contributed by atoms with van der Waals surface area (Å²) in [4.78, 5) is 35.4. The van der Waals surface area contributed by atoms with E-state index in [4.69, 9.17) is 15.6 Å². The van der Waals surface area contributed by atoms with Crippen LogP contribution in [0.2, 0.25) is 0 Å². The summed E-state index contributed by atoms with van der Waals surface area (Å²) in [6, 6.07) is 10.2. The Kier molecular flexibility index (Phi) is 7.83. The number of hydrogen-bond acceptors (Lipinski definition) is 7. The van der Waals surface area contributed by atoms with E-state index in [-0.39, 0.29) is 30.1 Å². The lowest BCUT2D eigenvalue weighted by atomic mass is 10.0. The Morgan fingerprint density at radius 1 is 1.19 bits per heavy atom. The van der Waals surface area contributed by atoms with Crippen LogP contribution in [0.1, 0.15) is 40.4 Å². The number of nitrogens with two attached hydrogens (primary N) is 1. The third kappa shape index (κ3) is 5.49. The number of aromatic nitrogens is 4. The zero-order valence-corrected chi connectivity index (χ0v) is 22.7. The van der Waals surface area contributed by atoms with Gasteiger partial charge in [-0.05, 0) is 36.6 Å². The Morgan fingerprint density at radius 3 is 2.64 bits per heavy atom. The summed E-state index contributed by atoms with van der Waals surface area (Å²) in [6.45, 7) is 4.64. The highest BCUT2D eigenvalue weighted by Crippen LogP contribution is 2.36. The number of halogens is 3. The number of nitrogens with zero attached hydrogens (tertiary/aromatic N) is 5. The van der Waals surface area contributed by atoms with E-state index < -0.39 is 23.2 Å². The molecule has 10 nitrogen and oxygen atoms in total. The highest BCUT2D eigenvalue weighted by molar-refractivity contribution is 5.99. The first-order chi connectivity index (χ1) is 20.1. The Labute approximate surface area is 239 Å². The minimum atomic E-state index is -4.72. The summed E-state index contributed by atoms with van der Waals surface area (Å²) in [5.74, 6) is -0.969. The largest absolute Gasteiger partial charge is 0.496 e. The Hall–Kier alpha value is -4.94. The predicted molar refractivity (Wildman–Crippen MR) is 149 cm³/mol. The lowest BCUT2D eigenvalue weighted by molar-refractivity contribution is -0.138. The number of carbonyl (C=O) groups excluding carboxylic acids is 2. The van der Waals surface area contributed by atoms with Gasteiger partial charge in [0, 0.05) is 25.2 Å². The molecule has 1 saturated heterocycles. The van der Waals surface area contributed by atoms with Crippen LogP contribution in [0.3, 0.4) is 0 Å². The van der Waals surface area contributed by atoms with Gasteiger partial charge in [0.15, 0.2) is 5.65 Å². The van der Waals surface area contributed by atoms with Crippen LogP contribution in [0, 0.1) is 0 Å². The molecule has 0 bridgehead atoms. The van der Waals surface area contributed by atoms with Gasteiger partial charge in [-0.1, -0.05) is 36.9 Å². The maximum Gasteiger partial charge on any atom is 0.417 e. The summed E-state index contributed by atoms with van der Waals surface area (Å²) in [5.41, 5.74) is 7.04. The number of carbonyl (C=O) groups is 2. The maximum atomic E-state index is 13.5. The van der Waals surface area contributed by atoms with Gasteiger partial charge < -0.3 is 20.7 Å². The second-order valence-corrected chi connectivity index (χ2v) is 9.80. The monoisotopic (exact) mass is 579 g/mol. The molecule has 2 aromatic carbocycles. The quantitative estimate of drug-likeness (QED) is 0.311. The van der Waals surface area contributed by atoms with Gasteiger partial charge in [0.25, 0.3) is 5.91 Å². The van der Waals surface area contributed by atoms with Crippen molar-refractivity contribution in [2.45, 2.75) is 31.6 Å². The van der Waals surface area contributed by atoms with Crippen LogP contribution >= 0.6 is 0 Å². The Morgan fingerprint density at radius 2 is 1.95 bits per heavy atom. The smallest absolute Gasteiger partial charge is 0.417 e. The number of nitrogen functional groups attached to an aromatic ring is 1. The normalized spacial score (nSPS) is 15.4. The minimum absolute atomic E-state index is 0.0237. The lowest BCUT2D eigenvalue weighted by Gasteiger charge is -2.32. The van der Waals surface area contributed by atoms with Gasteiger partial charge in [0.2, 0.25) is 5.91 Å². The highest BCUT2D eigenvalue weighted by atomic mass is 19.4. The van der Waals surface area contributed by atoms with Crippen LogP contribution in [-0.4, -0.2) is 56.7 Å². The van der Waals surface area contributed by atoms with Crippen LogP contribution in [0.4, 0.5) is 19.0 Å². The van der Waals surface area contributed by atoms with Gasteiger partial charge in [-0.15, -0.1) is 0 Å². The summed E-state index contributed by atoms with van der Waals surface area (Å²) >= 11 is 0. The van der Waals surface area contributed by atoms with Crippen molar-refractivity contribution in [1.29, 1.82) is 0 Å². The number of methoxy groups -OCH3 is 1. The van der Waals surface area contributed by atoms with Crippen LogP contribution in [0.15, 0.2) is 61.4 Å². The number of fused-ring (bicyclic) bond motifs is 1. The molecule has 0 saturated carbocycles. The number of rotatable bonds is 7. The molecule has 0 aliphatic carbocycles. The summed E-state index contributed by atoms with van der Waals surface area (Å²) in [5, 5.41) is 7.96. The second kappa shape index (κ2) is 11.5. The van der Waals surface area contributed by atoms with E-state index in [0.717, 1.165) is 18.9 Å². The van der Waals surface area contributed by atoms with Gasteiger partial charge >= 0.3 is 6.18 Å². The van der Waals surface area contributed by atoms with Crippen molar-refractivity contribution >= 4 is 28.7 Å². The van der Waals surface area contributed by atoms with E-state index in [1.807, 2.05) is 0 Å². The van der Waals surface area contributed by atoms with E-state index in [2.05, 4.69) is 21.9 Å². The molecule has 1 aliphatic heterocycles. The molecular formula is C29H28F3N7O3. The van der Waals surface area contributed by atoms with E-state index in [0.29, 0.717) is 40.9 Å². The van der Waals surface area contributed by atoms with Crippen molar-refractivity contribution in [1.82, 2.24) is 30.0 Å². The zero-order valence-electron chi connectivity index (χ0n) is 22.7. The zero-order chi connectivity index (χ0) is 30.0. The SMILES string of the molecule is C=CC(=O)N1CCCC(n2nc(-c3ccc(CNC(=O)c4c(OC)cccc4C(F)(F)F)cc3)c3c(N)ncnc32)C1. The summed E-state index contributed by atoms with van der Waals surface area (Å²) in [7, 11) is 1.21. The molecule has 13 heteroatoms. The summed E-state index contributed by atoms with van der Waals surface area (Å²) < 4.78 is 47.4. The minimum Gasteiger partial charge on any atom is -0.496 e. The molecular weight excluding hydrogens is 551 g/mol. The van der Waals surface area contributed by atoms with Crippen LogP contribution in [-0.2, 0) is 17.5 Å². The number of alkyl halides is 3. The van der Waals surface area contributed by atoms with Crippen LogP contribution in [0.25, 0.3) is 22.3 Å². The van der Waals surface area contributed by atoms with Crippen molar-refractivity contribution in [3.05, 3.63) is 78.1 Å². The van der Waals surface area contributed by atoms with Crippen molar-refractivity contribution in [2.24, 2.45) is 0 Å². The van der Waals surface area contributed by atoms with Crippen LogP contribution in [0.5, 0.6) is 5.75 Å². The van der Waals surface area contributed by atoms with E-state index in [1.54, 1.807) is 33.8 Å². The Balaban J connectivity index is 1.39. The van der Waals surface area contributed by atoms with Crippen molar-refractivity contribution in [2.75, 3.05) is 25.9 Å². The van der Waals surface area contributed by atoms with E-state index >= 15 is 0 Å². The van der Waals surface area contributed by atoms with Gasteiger partial charge in [0.05, 0.1) is 29.7 Å². The fraction of sp³-hybridized carbons (Fsp3) is 0.276.